The number of benzene rings is 1. The van der Waals surface area contributed by atoms with Gasteiger partial charge in [-0.25, -0.2) is 0 Å². The van der Waals surface area contributed by atoms with E-state index < -0.39 is 72.4 Å². The van der Waals surface area contributed by atoms with Gasteiger partial charge in [0, 0.05) is 18.8 Å². The summed E-state index contributed by atoms with van der Waals surface area (Å²) in [5, 5.41) is 6.12. The lowest BCUT2D eigenvalue weighted by molar-refractivity contribution is -0.137. The first-order valence-corrected chi connectivity index (χ1v) is 11.6. The number of anilines is 2. The normalized spacial score (nSPS) is 14.9. The summed E-state index contributed by atoms with van der Waals surface area (Å²) in [6.07, 6.45) is -8.42. The van der Waals surface area contributed by atoms with Crippen LogP contribution in [0.2, 0.25) is 4.34 Å². The van der Waals surface area contributed by atoms with Crippen molar-refractivity contribution in [1.82, 2.24) is 10.6 Å². The number of thiophene rings is 1. The number of carbonyl (C=O) groups is 4. The molecule has 1 fully saturated rings. The van der Waals surface area contributed by atoms with E-state index in [0.717, 1.165) is 28.4 Å². The second-order valence-electron chi connectivity index (χ2n) is 7.49. The number of hydrogen-bond donors (Lipinski definition) is 3. The Kier molecular flexibility index (Phi) is 9.04. The molecule has 1 aliphatic heterocycles. The van der Waals surface area contributed by atoms with Gasteiger partial charge in [0.15, 0.2) is 0 Å². The molecule has 1 aromatic carbocycles. The zero-order valence-corrected chi connectivity index (χ0v) is 20.1. The summed E-state index contributed by atoms with van der Waals surface area (Å²) < 4.78 is 72.0. The lowest BCUT2D eigenvalue weighted by Gasteiger charge is -2.29. The van der Waals surface area contributed by atoms with Crippen LogP contribution in [-0.4, -0.2) is 62.4 Å². The molecule has 0 saturated carbocycles. The first kappa shape index (κ1) is 28.3. The molecule has 1 atom stereocenters. The molecule has 1 aliphatic rings. The van der Waals surface area contributed by atoms with Crippen LogP contribution in [0.1, 0.15) is 15.2 Å². The van der Waals surface area contributed by atoms with Gasteiger partial charge in [0.05, 0.1) is 27.1 Å². The monoisotopic (exact) mass is 568 g/mol. The molecule has 4 amide bonds. The molecule has 1 aromatic heterocycles. The fourth-order valence-electron chi connectivity index (χ4n) is 3.24. The Morgan fingerprint density at radius 1 is 1.14 bits per heavy atom. The molecule has 3 rings (SSSR count). The van der Waals surface area contributed by atoms with Gasteiger partial charge in [-0.1, -0.05) is 11.6 Å². The third-order valence-electron chi connectivity index (χ3n) is 4.94. The molecular weight excluding hydrogens is 551 g/mol. The maximum Gasteiger partial charge on any atom is 0.418 e. The standard InChI is InChI=1S/C21H18ClF5N4O5S/c22-15-4-3-14(37-15)19(34)28-8-12(30-20(35)17(23)24)18(33)29-10-1-2-13(11(7-10)21(25,26)27)31-5-6-36-9-16(31)32/h1-4,7,12,17H,5-6,8-9H2,(H,28,34)(H,29,33)(H,30,35)/t12-/m0/s1. The van der Waals surface area contributed by atoms with Gasteiger partial charge in [0.2, 0.25) is 5.91 Å². The van der Waals surface area contributed by atoms with Gasteiger partial charge >= 0.3 is 12.6 Å². The van der Waals surface area contributed by atoms with Crippen LogP contribution in [0.25, 0.3) is 0 Å². The fourth-order valence-corrected chi connectivity index (χ4v) is 4.20. The van der Waals surface area contributed by atoms with Crippen LogP contribution in [0, 0.1) is 0 Å². The van der Waals surface area contributed by atoms with Gasteiger partial charge in [0.1, 0.15) is 12.6 Å². The van der Waals surface area contributed by atoms with E-state index in [1.807, 2.05) is 0 Å². The SMILES string of the molecule is O=C(NC[C@H](NC(=O)C(F)F)C(=O)Nc1ccc(N2CCOCC2=O)c(C(F)(F)F)c1)c1ccc(Cl)s1. The Labute approximate surface area is 214 Å². The number of ether oxygens (including phenoxy) is 1. The minimum atomic E-state index is -4.92. The van der Waals surface area contributed by atoms with E-state index in [2.05, 4.69) is 10.6 Å². The highest BCUT2D eigenvalue weighted by Crippen LogP contribution is 2.38. The zero-order chi connectivity index (χ0) is 27.3. The molecule has 0 aliphatic carbocycles. The number of nitrogens with zero attached hydrogens (tertiary/aromatic N) is 1. The van der Waals surface area contributed by atoms with Crippen LogP contribution in [0.5, 0.6) is 0 Å². The lowest BCUT2D eigenvalue weighted by atomic mass is 10.1. The van der Waals surface area contributed by atoms with Crippen LogP contribution in [0.4, 0.5) is 33.3 Å². The highest BCUT2D eigenvalue weighted by Gasteiger charge is 2.37. The quantitative estimate of drug-likeness (QED) is 0.424. The molecule has 0 unspecified atom stereocenters. The summed E-state index contributed by atoms with van der Waals surface area (Å²) in [7, 11) is 0. The first-order chi connectivity index (χ1) is 17.4. The molecule has 2 aromatic rings. The van der Waals surface area contributed by atoms with E-state index in [1.54, 1.807) is 5.32 Å². The number of alkyl halides is 5. The predicted octanol–water partition coefficient (Wildman–Crippen LogP) is 2.90. The van der Waals surface area contributed by atoms with Gasteiger partial charge in [-0.15, -0.1) is 11.3 Å². The van der Waals surface area contributed by atoms with E-state index in [-0.39, 0.29) is 22.4 Å². The van der Waals surface area contributed by atoms with Crippen molar-refractivity contribution in [3.05, 3.63) is 45.1 Å². The largest absolute Gasteiger partial charge is 0.418 e. The minimum absolute atomic E-state index is 0.0242. The van der Waals surface area contributed by atoms with Gasteiger partial charge in [-0.2, -0.15) is 22.0 Å². The second-order valence-corrected chi connectivity index (χ2v) is 9.21. The Hall–Kier alpha value is -3.30. The van der Waals surface area contributed by atoms with Gasteiger partial charge in [0.25, 0.3) is 17.7 Å². The number of carbonyl (C=O) groups excluding carboxylic acids is 4. The van der Waals surface area contributed by atoms with Gasteiger partial charge < -0.3 is 25.6 Å². The van der Waals surface area contributed by atoms with Crippen LogP contribution >= 0.6 is 22.9 Å². The molecule has 2 heterocycles. The number of halogens is 6. The van der Waals surface area contributed by atoms with Crippen molar-refractivity contribution in [3.8, 4) is 0 Å². The van der Waals surface area contributed by atoms with Crippen molar-refractivity contribution in [2.45, 2.75) is 18.6 Å². The highest BCUT2D eigenvalue weighted by molar-refractivity contribution is 7.18. The van der Waals surface area contributed by atoms with E-state index >= 15 is 0 Å². The van der Waals surface area contributed by atoms with Crippen LogP contribution in [-0.2, 0) is 25.3 Å². The summed E-state index contributed by atoms with van der Waals surface area (Å²) >= 11 is 6.65. The summed E-state index contributed by atoms with van der Waals surface area (Å²) in [5.74, 6) is -4.42. The van der Waals surface area contributed by atoms with Gasteiger partial charge in [-0.05, 0) is 30.3 Å². The van der Waals surface area contributed by atoms with Crippen molar-refractivity contribution >= 4 is 57.9 Å². The lowest BCUT2D eigenvalue weighted by Crippen LogP contribution is -2.52. The van der Waals surface area contributed by atoms with Crippen LogP contribution in [0.3, 0.4) is 0 Å². The molecule has 0 spiro atoms. The number of hydrogen-bond acceptors (Lipinski definition) is 6. The van der Waals surface area contributed by atoms with E-state index in [0.29, 0.717) is 6.07 Å². The molecule has 200 valence electrons. The topological polar surface area (TPSA) is 117 Å². The fraction of sp³-hybridized carbons (Fsp3) is 0.333. The molecule has 1 saturated heterocycles. The average molecular weight is 569 g/mol. The summed E-state index contributed by atoms with van der Waals surface area (Å²) in [6.45, 7) is -1.16. The third-order valence-corrected chi connectivity index (χ3v) is 6.17. The van der Waals surface area contributed by atoms with E-state index in [9.17, 15) is 41.1 Å². The third kappa shape index (κ3) is 7.36. The maximum absolute atomic E-state index is 13.8. The summed E-state index contributed by atoms with van der Waals surface area (Å²) in [4.78, 5) is 49.5. The Bertz CT molecular complexity index is 1190. The summed E-state index contributed by atoms with van der Waals surface area (Å²) in [6, 6.07) is 3.63. The Balaban J connectivity index is 1.81. The van der Waals surface area contributed by atoms with Crippen molar-refractivity contribution in [2.75, 3.05) is 36.5 Å². The molecule has 0 bridgehead atoms. The van der Waals surface area contributed by atoms with Crippen LogP contribution < -0.4 is 20.9 Å². The van der Waals surface area contributed by atoms with Crippen molar-refractivity contribution in [1.29, 1.82) is 0 Å². The maximum atomic E-state index is 13.8. The predicted molar refractivity (Wildman–Crippen MR) is 123 cm³/mol. The van der Waals surface area contributed by atoms with Crippen molar-refractivity contribution in [3.63, 3.8) is 0 Å². The molecule has 0 radical (unpaired) electrons. The molecule has 9 nitrogen and oxygen atoms in total. The van der Waals surface area contributed by atoms with Crippen LogP contribution in [0.15, 0.2) is 30.3 Å². The first-order valence-electron chi connectivity index (χ1n) is 10.4. The number of amides is 4. The number of morpholine rings is 1. The zero-order valence-electron chi connectivity index (χ0n) is 18.5. The Morgan fingerprint density at radius 2 is 1.86 bits per heavy atom. The minimum Gasteiger partial charge on any atom is -0.370 e. The molecular formula is C21H18ClF5N4O5S. The average Bonchev–Trinajstić information content (AvgIpc) is 3.27. The van der Waals surface area contributed by atoms with Crippen molar-refractivity contribution < 1.29 is 45.9 Å². The number of nitrogens with one attached hydrogen (secondary N) is 3. The molecule has 3 N–H and O–H groups in total. The second kappa shape index (κ2) is 11.8. The summed E-state index contributed by atoms with van der Waals surface area (Å²) in [5.41, 5.74) is -2.09. The number of rotatable bonds is 8. The molecule has 16 heteroatoms. The van der Waals surface area contributed by atoms with E-state index in [4.69, 9.17) is 16.3 Å². The highest BCUT2D eigenvalue weighted by atomic mass is 35.5. The van der Waals surface area contributed by atoms with Gasteiger partial charge in [-0.3, -0.25) is 19.2 Å². The molecule has 37 heavy (non-hydrogen) atoms. The van der Waals surface area contributed by atoms with E-state index in [1.165, 1.54) is 12.1 Å². The Morgan fingerprint density at radius 3 is 2.46 bits per heavy atom. The van der Waals surface area contributed by atoms with Crippen molar-refractivity contribution in [2.24, 2.45) is 0 Å². The smallest absolute Gasteiger partial charge is 0.370 e.